The first-order valence-corrected chi connectivity index (χ1v) is 14.1. The van der Waals surface area contributed by atoms with Gasteiger partial charge in [-0.15, -0.1) is 10.2 Å². The molecule has 0 spiro atoms. The third-order valence-electron chi connectivity index (χ3n) is 7.62. The summed E-state index contributed by atoms with van der Waals surface area (Å²) in [5.41, 5.74) is 7.08. The Balaban J connectivity index is 1.33. The molecule has 0 saturated carbocycles. The number of rotatable bonds is 9. The number of unbranched alkanes of at least 4 members (excludes halogenated alkanes) is 1. The molecule has 202 valence electrons. The lowest BCUT2D eigenvalue weighted by Crippen LogP contribution is -2.30. The highest BCUT2D eigenvalue weighted by atomic mass is 16.2. The standard InChI is InChI=1S/C32H33N7O/c1-2-3-11-30-33-21-29(32(40)38-18-7-8-19-38)39(30)22-23-12-14-25(15-13-23)28-20-26(24-9-5-4-6-10-24)16-17-27(28)31-34-36-37-35-31/h4-6,9-10,12-17,20-21H,2-3,7-8,11,18-19,22H2,1H3,(H,34,35,36,37). The minimum Gasteiger partial charge on any atom is -0.337 e. The number of hydrogen-bond donors (Lipinski definition) is 1. The molecule has 3 aromatic carbocycles. The summed E-state index contributed by atoms with van der Waals surface area (Å²) in [4.78, 5) is 20.0. The molecule has 1 saturated heterocycles. The van der Waals surface area contributed by atoms with Gasteiger partial charge in [-0.05, 0) is 64.4 Å². The molecule has 1 amide bonds. The largest absolute Gasteiger partial charge is 0.337 e. The van der Waals surface area contributed by atoms with Crippen molar-refractivity contribution >= 4 is 5.91 Å². The molecular formula is C32H33N7O. The van der Waals surface area contributed by atoms with E-state index >= 15 is 0 Å². The normalized spacial score (nSPS) is 13.2. The summed E-state index contributed by atoms with van der Waals surface area (Å²) in [7, 11) is 0. The van der Waals surface area contributed by atoms with E-state index in [1.54, 1.807) is 6.20 Å². The molecule has 0 aliphatic carbocycles. The topological polar surface area (TPSA) is 92.6 Å². The lowest BCUT2D eigenvalue weighted by atomic mass is 9.93. The third-order valence-corrected chi connectivity index (χ3v) is 7.62. The molecule has 3 heterocycles. The van der Waals surface area contributed by atoms with Crippen LogP contribution in [0.2, 0.25) is 0 Å². The van der Waals surface area contributed by atoms with Crippen molar-refractivity contribution in [2.24, 2.45) is 0 Å². The monoisotopic (exact) mass is 531 g/mol. The van der Waals surface area contributed by atoms with Gasteiger partial charge in [0.15, 0.2) is 0 Å². The van der Waals surface area contributed by atoms with E-state index in [2.05, 4.69) is 91.7 Å². The Hall–Kier alpha value is -4.59. The molecule has 40 heavy (non-hydrogen) atoms. The number of aromatic amines is 1. The zero-order valence-electron chi connectivity index (χ0n) is 22.8. The van der Waals surface area contributed by atoms with Crippen LogP contribution < -0.4 is 0 Å². The average molecular weight is 532 g/mol. The number of benzene rings is 3. The van der Waals surface area contributed by atoms with E-state index in [-0.39, 0.29) is 5.91 Å². The quantitative estimate of drug-likeness (QED) is 0.251. The van der Waals surface area contributed by atoms with Crippen LogP contribution in [-0.2, 0) is 13.0 Å². The van der Waals surface area contributed by atoms with E-state index in [4.69, 9.17) is 0 Å². The highest BCUT2D eigenvalue weighted by Crippen LogP contribution is 2.34. The summed E-state index contributed by atoms with van der Waals surface area (Å²) in [5, 5.41) is 14.8. The summed E-state index contributed by atoms with van der Waals surface area (Å²) in [6, 6.07) is 25.2. The number of aromatic nitrogens is 6. The summed E-state index contributed by atoms with van der Waals surface area (Å²) >= 11 is 0. The van der Waals surface area contributed by atoms with E-state index in [0.717, 1.165) is 84.4 Å². The zero-order chi connectivity index (χ0) is 27.3. The molecule has 6 rings (SSSR count). The Morgan fingerprint density at radius 2 is 1.68 bits per heavy atom. The van der Waals surface area contributed by atoms with Crippen molar-refractivity contribution in [2.75, 3.05) is 13.1 Å². The molecule has 8 heteroatoms. The zero-order valence-corrected chi connectivity index (χ0v) is 22.8. The molecule has 1 fully saturated rings. The van der Waals surface area contributed by atoms with Gasteiger partial charge >= 0.3 is 0 Å². The Kier molecular flexibility index (Phi) is 7.48. The van der Waals surface area contributed by atoms with Gasteiger partial charge < -0.3 is 9.47 Å². The number of tetrazole rings is 1. The maximum Gasteiger partial charge on any atom is 0.272 e. The van der Waals surface area contributed by atoms with Crippen LogP contribution in [0.15, 0.2) is 79.0 Å². The fourth-order valence-corrected chi connectivity index (χ4v) is 5.41. The molecule has 1 aliphatic rings. The van der Waals surface area contributed by atoms with Crippen LogP contribution in [0, 0.1) is 0 Å². The number of amides is 1. The predicted molar refractivity (Wildman–Crippen MR) is 156 cm³/mol. The van der Waals surface area contributed by atoms with Gasteiger partial charge in [-0.3, -0.25) is 4.79 Å². The van der Waals surface area contributed by atoms with Gasteiger partial charge in [0.2, 0.25) is 5.82 Å². The maximum absolute atomic E-state index is 13.3. The number of nitrogens with one attached hydrogen (secondary N) is 1. The van der Waals surface area contributed by atoms with E-state index in [9.17, 15) is 4.79 Å². The summed E-state index contributed by atoms with van der Waals surface area (Å²) in [6.45, 7) is 4.44. The molecule has 0 atom stereocenters. The molecule has 1 aliphatic heterocycles. The summed E-state index contributed by atoms with van der Waals surface area (Å²) < 4.78 is 2.12. The van der Waals surface area contributed by atoms with E-state index < -0.39 is 0 Å². The Labute approximate surface area is 234 Å². The first-order chi connectivity index (χ1) is 19.7. The predicted octanol–water partition coefficient (Wildman–Crippen LogP) is 6.02. The van der Waals surface area contributed by atoms with Crippen molar-refractivity contribution in [3.05, 3.63) is 96.1 Å². The number of carbonyl (C=O) groups excluding carboxylic acids is 1. The maximum atomic E-state index is 13.3. The van der Waals surface area contributed by atoms with Gasteiger partial charge in [0.25, 0.3) is 5.91 Å². The van der Waals surface area contributed by atoms with Gasteiger partial charge in [0.05, 0.1) is 6.20 Å². The average Bonchev–Trinajstić information content (AvgIpc) is 3.80. The number of carbonyl (C=O) groups is 1. The minimum absolute atomic E-state index is 0.0897. The molecule has 2 aromatic heterocycles. The van der Waals surface area contributed by atoms with Gasteiger partial charge in [-0.25, -0.2) is 4.98 Å². The number of hydrogen-bond acceptors (Lipinski definition) is 5. The van der Waals surface area contributed by atoms with Crippen molar-refractivity contribution in [1.82, 2.24) is 35.1 Å². The van der Waals surface area contributed by atoms with Crippen molar-refractivity contribution in [3.8, 4) is 33.6 Å². The van der Waals surface area contributed by atoms with Gasteiger partial charge in [0, 0.05) is 31.6 Å². The Morgan fingerprint density at radius 3 is 2.40 bits per heavy atom. The number of aryl methyl sites for hydroxylation is 1. The molecule has 0 radical (unpaired) electrons. The SMILES string of the molecule is CCCCc1ncc(C(=O)N2CCCC2)n1Cc1ccc(-c2cc(-c3ccccc3)ccc2-c2nn[nH]n2)cc1. The van der Waals surface area contributed by atoms with Crippen LogP contribution in [0.1, 0.15) is 54.5 Å². The van der Waals surface area contributed by atoms with Gasteiger partial charge in [-0.2, -0.15) is 5.21 Å². The molecular weight excluding hydrogens is 498 g/mol. The van der Waals surface area contributed by atoms with Crippen LogP contribution in [-0.4, -0.2) is 54.1 Å². The van der Waals surface area contributed by atoms with Crippen LogP contribution in [0.25, 0.3) is 33.6 Å². The second-order valence-electron chi connectivity index (χ2n) is 10.3. The molecule has 5 aromatic rings. The molecule has 0 bridgehead atoms. The number of nitrogens with zero attached hydrogens (tertiary/aromatic N) is 6. The van der Waals surface area contributed by atoms with E-state index in [1.165, 1.54) is 0 Å². The Bertz CT molecular complexity index is 1570. The first-order valence-electron chi connectivity index (χ1n) is 14.1. The number of imidazole rings is 1. The van der Waals surface area contributed by atoms with Gasteiger partial charge in [0.1, 0.15) is 11.5 Å². The van der Waals surface area contributed by atoms with Gasteiger partial charge in [-0.1, -0.05) is 74.0 Å². The van der Waals surface area contributed by atoms with Crippen LogP contribution in [0.5, 0.6) is 0 Å². The smallest absolute Gasteiger partial charge is 0.272 e. The van der Waals surface area contributed by atoms with Crippen molar-refractivity contribution in [1.29, 1.82) is 0 Å². The molecule has 1 N–H and O–H groups in total. The lowest BCUT2D eigenvalue weighted by molar-refractivity contribution is 0.0782. The van der Waals surface area contributed by atoms with Crippen LogP contribution >= 0.6 is 0 Å². The molecule has 8 nitrogen and oxygen atoms in total. The number of likely N-dealkylation sites (tertiary alicyclic amines) is 1. The second-order valence-corrected chi connectivity index (χ2v) is 10.3. The molecule has 0 unspecified atom stereocenters. The summed E-state index contributed by atoms with van der Waals surface area (Å²) in [6.07, 6.45) is 6.91. The highest BCUT2D eigenvalue weighted by molar-refractivity contribution is 5.92. The Morgan fingerprint density at radius 1 is 0.900 bits per heavy atom. The minimum atomic E-state index is 0.0897. The highest BCUT2D eigenvalue weighted by Gasteiger charge is 2.24. The summed E-state index contributed by atoms with van der Waals surface area (Å²) in [5.74, 6) is 1.62. The van der Waals surface area contributed by atoms with Crippen LogP contribution in [0.3, 0.4) is 0 Å². The van der Waals surface area contributed by atoms with Crippen molar-refractivity contribution in [3.63, 3.8) is 0 Å². The van der Waals surface area contributed by atoms with E-state index in [0.29, 0.717) is 18.1 Å². The third kappa shape index (κ3) is 5.30. The van der Waals surface area contributed by atoms with Crippen LogP contribution in [0.4, 0.5) is 0 Å². The first kappa shape index (κ1) is 25.7. The fourth-order valence-electron chi connectivity index (χ4n) is 5.41. The van der Waals surface area contributed by atoms with Crippen molar-refractivity contribution < 1.29 is 4.79 Å². The number of H-pyrrole nitrogens is 1. The fraction of sp³-hybridized carbons (Fsp3) is 0.281. The lowest BCUT2D eigenvalue weighted by Gasteiger charge is -2.18. The second kappa shape index (κ2) is 11.7. The van der Waals surface area contributed by atoms with Crippen molar-refractivity contribution in [2.45, 2.75) is 45.6 Å². The van der Waals surface area contributed by atoms with E-state index in [1.807, 2.05) is 23.1 Å².